The van der Waals surface area contributed by atoms with Gasteiger partial charge in [0.2, 0.25) is 11.8 Å². The minimum absolute atomic E-state index is 0.0707. The Labute approximate surface area is 194 Å². The van der Waals surface area contributed by atoms with Crippen LogP contribution in [0.25, 0.3) is 0 Å². The highest BCUT2D eigenvalue weighted by atomic mass is 16.6. The summed E-state index contributed by atoms with van der Waals surface area (Å²) in [5.41, 5.74) is -0.372. The van der Waals surface area contributed by atoms with E-state index in [2.05, 4.69) is 5.32 Å². The second-order valence-corrected chi connectivity index (χ2v) is 9.36. The number of ether oxygens (including phenoxy) is 2. The van der Waals surface area contributed by atoms with Gasteiger partial charge in [0.05, 0.1) is 37.2 Å². The maximum absolute atomic E-state index is 13.9. The molecule has 3 aliphatic rings. The molecule has 3 unspecified atom stereocenters. The van der Waals surface area contributed by atoms with E-state index in [9.17, 15) is 19.5 Å². The molecule has 8 nitrogen and oxygen atoms in total. The molecule has 2 N–H and O–H groups in total. The molecule has 0 aliphatic carbocycles. The number of esters is 1. The van der Waals surface area contributed by atoms with E-state index in [1.807, 2.05) is 44.2 Å². The summed E-state index contributed by atoms with van der Waals surface area (Å²) >= 11 is 0. The average Bonchev–Trinajstić information content (AvgIpc) is 3.43. The summed E-state index contributed by atoms with van der Waals surface area (Å²) in [6.07, 6.45) is 2.38. The van der Waals surface area contributed by atoms with Gasteiger partial charge in [-0.25, -0.2) is 0 Å². The zero-order valence-corrected chi connectivity index (χ0v) is 19.5. The molecule has 180 valence electrons. The van der Waals surface area contributed by atoms with Crippen LogP contribution >= 0.6 is 0 Å². The Morgan fingerprint density at radius 3 is 2.67 bits per heavy atom. The van der Waals surface area contributed by atoms with Gasteiger partial charge in [-0.2, -0.15) is 0 Å². The minimum Gasteiger partial charge on any atom is -0.466 e. The van der Waals surface area contributed by atoms with Gasteiger partial charge < -0.3 is 24.8 Å². The van der Waals surface area contributed by atoms with Crippen molar-refractivity contribution in [1.29, 1.82) is 0 Å². The summed E-state index contributed by atoms with van der Waals surface area (Å²) in [7, 11) is 0. The molecule has 33 heavy (non-hydrogen) atoms. The van der Waals surface area contributed by atoms with Crippen molar-refractivity contribution in [3.05, 3.63) is 35.9 Å². The van der Waals surface area contributed by atoms with E-state index in [0.717, 1.165) is 18.4 Å². The van der Waals surface area contributed by atoms with Crippen LogP contribution in [0.1, 0.15) is 58.1 Å². The Balaban J connectivity index is 1.77. The van der Waals surface area contributed by atoms with Crippen molar-refractivity contribution >= 4 is 17.8 Å². The fourth-order valence-corrected chi connectivity index (χ4v) is 6.09. The maximum Gasteiger partial charge on any atom is 0.312 e. The van der Waals surface area contributed by atoms with Gasteiger partial charge >= 0.3 is 5.97 Å². The summed E-state index contributed by atoms with van der Waals surface area (Å²) in [6, 6.07) is 7.45. The lowest BCUT2D eigenvalue weighted by Gasteiger charge is -2.37. The molecular formula is C25H34N2O6. The first kappa shape index (κ1) is 23.7. The van der Waals surface area contributed by atoms with Gasteiger partial charge in [0.25, 0.3) is 0 Å². The van der Waals surface area contributed by atoms with E-state index in [1.165, 1.54) is 4.90 Å². The predicted molar refractivity (Wildman–Crippen MR) is 120 cm³/mol. The van der Waals surface area contributed by atoms with Crippen LogP contribution in [0.5, 0.6) is 0 Å². The summed E-state index contributed by atoms with van der Waals surface area (Å²) in [5.74, 6) is -2.63. The van der Waals surface area contributed by atoms with Gasteiger partial charge in [0, 0.05) is 6.04 Å². The van der Waals surface area contributed by atoms with Crippen molar-refractivity contribution < 1.29 is 29.0 Å². The number of carbonyl (C=O) groups excluding carboxylic acids is 3. The molecule has 2 bridgehead atoms. The molecule has 0 radical (unpaired) electrons. The number of nitrogens with one attached hydrogen (secondary N) is 1. The van der Waals surface area contributed by atoms with Crippen molar-refractivity contribution in [2.24, 2.45) is 11.8 Å². The van der Waals surface area contributed by atoms with E-state index < -0.39 is 41.6 Å². The Morgan fingerprint density at radius 1 is 1.30 bits per heavy atom. The lowest BCUT2D eigenvalue weighted by molar-refractivity contribution is -0.155. The van der Waals surface area contributed by atoms with Crippen LogP contribution in [-0.2, 0) is 23.9 Å². The Morgan fingerprint density at radius 2 is 2.03 bits per heavy atom. The van der Waals surface area contributed by atoms with Crippen LogP contribution < -0.4 is 5.32 Å². The standard InChI is InChI=1S/C25H34N2O6/c1-4-9-15(3)26-22(29)21-25-13-12-18(33-25)19(24(31)32-5-2)20(25)23(30)27(21)17(14-28)16-10-7-6-8-11-16/h6-8,10-11,15,17-21,28H,4-5,9,12-14H2,1-3H3,(H,26,29)/t15?,17-,18+,19-,20+,21?,25?/m1/s1. The number of fused-ring (bicyclic) bond motifs is 1. The highest BCUT2D eigenvalue weighted by molar-refractivity contribution is 5.98. The first-order chi connectivity index (χ1) is 15.9. The van der Waals surface area contributed by atoms with Gasteiger partial charge in [-0.3, -0.25) is 14.4 Å². The van der Waals surface area contributed by atoms with Gasteiger partial charge in [-0.15, -0.1) is 0 Å². The van der Waals surface area contributed by atoms with Crippen molar-refractivity contribution in [2.75, 3.05) is 13.2 Å². The van der Waals surface area contributed by atoms with Crippen LogP contribution in [0.15, 0.2) is 30.3 Å². The third-order valence-corrected chi connectivity index (χ3v) is 7.35. The van der Waals surface area contributed by atoms with Crippen molar-refractivity contribution in [3.8, 4) is 0 Å². The van der Waals surface area contributed by atoms with Gasteiger partial charge in [0.1, 0.15) is 11.6 Å². The molecule has 3 heterocycles. The fraction of sp³-hybridized carbons (Fsp3) is 0.640. The van der Waals surface area contributed by atoms with Crippen LogP contribution in [0.4, 0.5) is 0 Å². The molecule has 1 aromatic rings. The van der Waals surface area contributed by atoms with E-state index in [-0.39, 0.29) is 31.1 Å². The van der Waals surface area contributed by atoms with Crippen molar-refractivity contribution in [3.63, 3.8) is 0 Å². The molecule has 1 aromatic carbocycles. The zero-order chi connectivity index (χ0) is 23.8. The van der Waals surface area contributed by atoms with E-state index in [0.29, 0.717) is 12.8 Å². The second kappa shape index (κ2) is 9.43. The van der Waals surface area contributed by atoms with Crippen LogP contribution in [0, 0.1) is 11.8 Å². The highest BCUT2D eigenvalue weighted by Gasteiger charge is 2.75. The number of benzene rings is 1. The average molecular weight is 459 g/mol. The smallest absolute Gasteiger partial charge is 0.312 e. The summed E-state index contributed by atoms with van der Waals surface area (Å²) in [5, 5.41) is 13.4. The molecule has 3 fully saturated rings. The van der Waals surface area contributed by atoms with E-state index >= 15 is 0 Å². The summed E-state index contributed by atoms with van der Waals surface area (Å²) < 4.78 is 11.7. The zero-order valence-electron chi connectivity index (χ0n) is 19.5. The molecule has 2 amide bonds. The number of aliphatic hydroxyl groups is 1. The maximum atomic E-state index is 13.9. The normalized spacial score (nSPS) is 31.9. The molecule has 1 spiro atoms. The van der Waals surface area contributed by atoms with Gasteiger partial charge in [0.15, 0.2) is 0 Å². The second-order valence-electron chi connectivity index (χ2n) is 9.36. The molecule has 4 rings (SSSR count). The molecule has 8 heteroatoms. The first-order valence-corrected chi connectivity index (χ1v) is 12.0. The fourth-order valence-electron chi connectivity index (χ4n) is 6.09. The molecule has 0 aromatic heterocycles. The van der Waals surface area contributed by atoms with Crippen molar-refractivity contribution in [1.82, 2.24) is 10.2 Å². The number of nitrogens with zero attached hydrogens (tertiary/aromatic N) is 1. The van der Waals surface area contributed by atoms with Crippen LogP contribution in [-0.4, -0.2) is 64.8 Å². The van der Waals surface area contributed by atoms with E-state index in [4.69, 9.17) is 9.47 Å². The predicted octanol–water partition coefficient (Wildman–Crippen LogP) is 1.96. The summed E-state index contributed by atoms with van der Waals surface area (Å²) in [4.78, 5) is 41.9. The number of hydrogen-bond acceptors (Lipinski definition) is 6. The number of amides is 2. The lowest BCUT2D eigenvalue weighted by atomic mass is 9.70. The summed E-state index contributed by atoms with van der Waals surface area (Å²) in [6.45, 7) is 5.58. The third-order valence-electron chi connectivity index (χ3n) is 7.35. The lowest BCUT2D eigenvalue weighted by Crippen LogP contribution is -2.57. The quantitative estimate of drug-likeness (QED) is 0.548. The number of hydrogen-bond donors (Lipinski definition) is 2. The Bertz CT molecular complexity index is 892. The molecule has 7 atom stereocenters. The van der Waals surface area contributed by atoms with Crippen LogP contribution in [0.2, 0.25) is 0 Å². The molecule has 3 aliphatic heterocycles. The third kappa shape index (κ3) is 3.83. The largest absolute Gasteiger partial charge is 0.466 e. The van der Waals surface area contributed by atoms with Gasteiger partial charge in [-0.1, -0.05) is 43.7 Å². The monoisotopic (exact) mass is 458 g/mol. The Hall–Kier alpha value is -2.45. The van der Waals surface area contributed by atoms with Crippen molar-refractivity contribution in [2.45, 2.75) is 76.3 Å². The first-order valence-electron chi connectivity index (χ1n) is 12.0. The minimum atomic E-state index is -1.10. The highest BCUT2D eigenvalue weighted by Crippen LogP contribution is 2.59. The molecule has 3 saturated heterocycles. The Kier molecular flexibility index (Phi) is 6.77. The SMILES string of the molecule is CCCC(C)NC(=O)C1N([C@H](CO)c2ccccc2)C(=O)[C@@H]2[C@H](C(=O)OCC)[C@@H]3CCC12O3. The number of likely N-dealkylation sites (tertiary alicyclic amines) is 1. The molecule has 0 saturated carbocycles. The van der Waals surface area contributed by atoms with Gasteiger partial charge in [-0.05, 0) is 38.7 Å². The number of carbonyl (C=O) groups is 3. The number of aliphatic hydroxyl groups excluding tert-OH is 1. The molecular weight excluding hydrogens is 424 g/mol. The number of rotatable bonds is 9. The van der Waals surface area contributed by atoms with E-state index in [1.54, 1.807) is 6.92 Å². The van der Waals surface area contributed by atoms with Crippen LogP contribution in [0.3, 0.4) is 0 Å². The topological polar surface area (TPSA) is 105 Å².